The van der Waals surface area contributed by atoms with Crippen molar-refractivity contribution in [2.45, 2.75) is 0 Å². The molecule has 0 aliphatic carbocycles. The lowest BCUT2D eigenvalue weighted by Gasteiger charge is -2.22. The molecule has 17 heteroatoms. The standard InChI is InChI=1S/C24H32N8O7S2/c25-5-10-30-11-6-26-19(33)15-1-3-17(31(37)23(15)40)21(35)28-8-13-39-14-9-29-22(36)18-4-2-16(24(41)32(18)38)20(34)27-7-12-30/h1-4,37-38H,5-14,25H2,(H,26,33)(H,27,34)(H,28,35)(H,29,36). The van der Waals surface area contributed by atoms with Gasteiger partial charge in [0.25, 0.3) is 23.6 Å². The molecule has 0 unspecified atom stereocenters. The van der Waals surface area contributed by atoms with Gasteiger partial charge in [0.05, 0.1) is 24.3 Å². The van der Waals surface area contributed by atoms with Gasteiger partial charge in [0, 0.05) is 52.4 Å². The highest BCUT2D eigenvalue weighted by Crippen LogP contribution is 2.09. The number of rotatable bonds is 2. The number of pyridine rings is 2. The van der Waals surface area contributed by atoms with Gasteiger partial charge in [-0.3, -0.25) is 24.1 Å². The normalized spacial score (nSPS) is 17.0. The lowest BCUT2D eigenvalue weighted by molar-refractivity contribution is 0.0831. The Balaban J connectivity index is 1.76. The number of amides is 4. The third-order valence-corrected chi connectivity index (χ3v) is 6.79. The number of carbonyl (C=O) groups excluding carboxylic acids is 4. The van der Waals surface area contributed by atoms with Crippen molar-refractivity contribution in [1.82, 2.24) is 35.6 Å². The molecule has 2 aromatic rings. The van der Waals surface area contributed by atoms with Crippen LogP contribution in [0.5, 0.6) is 0 Å². The van der Waals surface area contributed by atoms with Crippen molar-refractivity contribution in [2.24, 2.45) is 5.73 Å². The summed E-state index contributed by atoms with van der Waals surface area (Å²) < 4.78 is 5.86. The van der Waals surface area contributed by atoms with Crippen LogP contribution in [0.4, 0.5) is 0 Å². The minimum absolute atomic E-state index is 0.00960. The van der Waals surface area contributed by atoms with Gasteiger partial charge < -0.3 is 42.2 Å². The minimum atomic E-state index is -0.635. The lowest BCUT2D eigenvalue weighted by Crippen LogP contribution is -2.41. The predicted octanol–water partition coefficient (Wildman–Crippen LogP) is -0.867. The van der Waals surface area contributed by atoms with E-state index >= 15 is 0 Å². The summed E-state index contributed by atoms with van der Waals surface area (Å²) in [6.07, 6.45) is 0. The van der Waals surface area contributed by atoms with Gasteiger partial charge in [-0.25, -0.2) is 0 Å². The zero-order valence-electron chi connectivity index (χ0n) is 22.1. The van der Waals surface area contributed by atoms with Crippen molar-refractivity contribution in [1.29, 1.82) is 0 Å². The van der Waals surface area contributed by atoms with Crippen LogP contribution in [0.25, 0.3) is 0 Å². The molecular formula is C24H32N8O7S2. The van der Waals surface area contributed by atoms with Gasteiger partial charge in [0.2, 0.25) is 0 Å². The summed E-state index contributed by atoms with van der Waals surface area (Å²) in [5, 5.41) is 31.3. The molecule has 4 aliphatic heterocycles. The van der Waals surface area contributed by atoms with Crippen LogP contribution in [0.1, 0.15) is 41.7 Å². The monoisotopic (exact) mass is 608 g/mol. The first-order chi connectivity index (χ1) is 19.6. The first-order valence-corrected chi connectivity index (χ1v) is 13.5. The SMILES string of the molecule is NCCN1CCNC(=O)c2ccc(n(O)c2=S)C(=O)NCCOCCNC(=O)c2ccc(c(=S)n2O)C(=O)NCC1. The Morgan fingerprint density at radius 1 is 0.707 bits per heavy atom. The van der Waals surface area contributed by atoms with Crippen molar-refractivity contribution < 1.29 is 34.3 Å². The topological polar surface area (TPSA) is 205 Å². The van der Waals surface area contributed by atoms with E-state index in [0.717, 1.165) is 0 Å². The lowest BCUT2D eigenvalue weighted by atomic mass is 10.2. The van der Waals surface area contributed by atoms with Gasteiger partial charge in [-0.2, -0.15) is 9.46 Å². The van der Waals surface area contributed by atoms with Crippen LogP contribution in [-0.4, -0.2) is 114 Å². The van der Waals surface area contributed by atoms with Crippen LogP contribution in [-0.2, 0) is 4.74 Å². The van der Waals surface area contributed by atoms with E-state index in [0.29, 0.717) is 35.6 Å². The molecule has 222 valence electrons. The van der Waals surface area contributed by atoms with Crippen molar-refractivity contribution >= 4 is 48.1 Å². The van der Waals surface area contributed by atoms with Crippen molar-refractivity contribution in [3.63, 3.8) is 0 Å². The zero-order chi connectivity index (χ0) is 29.9. The summed E-state index contributed by atoms with van der Waals surface area (Å²) in [7, 11) is 0. The molecule has 8 N–H and O–H groups in total. The number of ether oxygens (including phenoxy) is 1. The van der Waals surface area contributed by atoms with Gasteiger partial charge in [-0.05, 0) is 24.3 Å². The van der Waals surface area contributed by atoms with E-state index in [1.807, 2.05) is 4.90 Å². The number of hydrogen-bond acceptors (Lipinski definition) is 11. The maximum absolute atomic E-state index is 12.7. The van der Waals surface area contributed by atoms with Crippen molar-refractivity contribution in [3.8, 4) is 0 Å². The zero-order valence-corrected chi connectivity index (χ0v) is 23.7. The molecular weight excluding hydrogens is 576 g/mol. The first kappa shape index (κ1) is 31.6. The average Bonchev–Trinajstić information content (AvgIpc) is 2.94. The summed E-state index contributed by atoms with van der Waals surface area (Å²) in [5.41, 5.74) is 5.39. The van der Waals surface area contributed by atoms with E-state index in [1.165, 1.54) is 24.3 Å². The highest BCUT2D eigenvalue weighted by molar-refractivity contribution is 7.71. The summed E-state index contributed by atoms with van der Waals surface area (Å²) in [5.74, 6) is -2.34. The van der Waals surface area contributed by atoms with E-state index in [1.54, 1.807) is 0 Å². The third kappa shape index (κ3) is 8.30. The number of carbonyl (C=O) groups is 4. The Kier molecular flexibility index (Phi) is 11.7. The van der Waals surface area contributed by atoms with E-state index in [9.17, 15) is 29.6 Å². The van der Waals surface area contributed by atoms with Gasteiger partial charge in [0.1, 0.15) is 11.4 Å². The van der Waals surface area contributed by atoms with E-state index in [4.69, 9.17) is 34.9 Å². The molecule has 6 heterocycles. The summed E-state index contributed by atoms with van der Waals surface area (Å²) in [6, 6.07) is 5.26. The van der Waals surface area contributed by atoms with E-state index < -0.39 is 23.6 Å². The molecule has 4 bridgehead atoms. The largest absolute Gasteiger partial charge is 0.427 e. The first-order valence-electron chi connectivity index (χ1n) is 12.7. The Hall–Kier alpha value is -3.90. The maximum atomic E-state index is 12.7. The number of hydrogen-bond donors (Lipinski definition) is 7. The molecule has 0 saturated carbocycles. The molecule has 6 rings (SSSR count). The fourth-order valence-electron chi connectivity index (χ4n) is 3.86. The van der Waals surface area contributed by atoms with Gasteiger partial charge in [-0.15, -0.1) is 0 Å². The summed E-state index contributed by atoms with van der Waals surface area (Å²) >= 11 is 10.4. The number of nitrogens with zero attached hydrogens (tertiary/aromatic N) is 3. The quantitative estimate of drug-likeness (QED) is 0.165. The Labute approximate surface area is 245 Å². The van der Waals surface area contributed by atoms with Crippen LogP contribution < -0.4 is 27.0 Å². The van der Waals surface area contributed by atoms with Crippen LogP contribution in [0.3, 0.4) is 0 Å². The van der Waals surface area contributed by atoms with Crippen LogP contribution in [0.2, 0.25) is 0 Å². The van der Waals surface area contributed by atoms with Crippen LogP contribution in [0.15, 0.2) is 24.3 Å². The number of nitrogens with two attached hydrogens (primary N) is 1. The van der Waals surface area contributed by atoms with E-state index in [2.05, 4.69) is 21.3 Å². The van der Waals surface area contributed by atoms with Crippen LogP contribution in [0, 0.1) is 9.28 Å². The Bertz CT molecular complexity index is 1310. The maximum Gasteiger partial charge on any atom is 0.271 e. The highest BCUT2D eigenvalue weighted by Gasteiger charge is 2.18. The number of aromatic nitrogens is 2. The molecule has 0 saturated heterocycles. The van der Waals surface area contributed by atoms with E-state index in [-0.39, 0.29) is 71.2 Å². The Morgan fingerprint density at radius 2 is 1.12 bits per heavy atom. The fourth-order valence-corrected chi connectivity index (χ4v) is 4.38. The Morgan fingerprint density at radius 3 is 1.54 bits per heavy atom. The smallest absolute Gasteiger partial charge is 0.271 e. The number of nitrogens with one attached hydrogen (secondary N) is 4. The van der Waals surface area contributed by atoms with Gasteiger partial charge >= 0.3 is 0 Å². The fraction of sp³-hybridized carbons (Fsp3) is 0.417. The summed E-state index contributed by atoms with van der Waals surface area (Å²) in [6.45, 7) is 2.37. The molecule has 2 aromatic heterocycles. The van der Waals surface area contributed by atoms with Gasteiger partial charge in [0.15, 0.2) is 9.28 Å². The molecule has 4 amide bonds. The average molecular weight is 609 g/mol. The molecule has 0 radical (unpaired) electrons. The second kappa shape index (κ2) is 15.2. The molecule has 15 nitrogen and oxygen atoms in total. The third-order valence-electron chi connectivity index (χ3n) is 6.01. The molecule has 41 heavy (non-hydrogen) atoms. The molecule has 0 atom stereocenters. The predicted molar refractivity (Wildman–Crippen MR) is 151 cm³/mol. The molecule has 0 spiro atoms. The molecule has 4 aliphatic rings. The summed E-state index contributed by atoms with van der Waals surface area (Å²) in [4.78, 5) is 52.3. The second-order valence-electron chi connectivity index (χ2n) is 8.76. The van der Waals surface area contributed by atoms with Crippen LogP contribution >= 0.6 is 24.4 Å². The minimum Gasteiger partial charge on any atom is -0.427 e. The molecule has 0 fully saturated rings. The second-order valence-corrected chi connectivity index (χ2v) is 9.54. The van der Waals surface area contributed by atoms with Crippen molar-refractivity contribution in [2.75, 3.05) is 65.6 Å². The van der Waals surface area contributed by atoms with Gasteiger partial charge in [-0.1, -0.05) is 24.4 Å². The van der Waals surface area contributed by atoms with Crippen molar-refractivity contribution in [3.05, 3.63) is 56.1 Å². The molecule has 0 aromatic carbocycles. The highest BCUT2D eigenvalue weighted by atomic mass is 32.1.